The minimum absolute atomic E-state index is 0.0900. The summed E-state index contributed by atoms with van der Waals surface area (Å²) in [4.78, 5) is 16.1. The Bertz CT molecular complexity index is 690. The first-order valence-electron chi connectivity index (χ1n) is 8.87. The van der Waals surface area contributed by atoms with Crippen LogP contribution in [0, 0.1) is 0 Å². The lowest BCUT2D eigenvalue weighted by atomic mass is 10.0. The number of carbonyl (C=O) groups excluding carboxylic acids is 1. The van der Waals surface area contributed by atoms with Crippen LogP contribution in [-0.4, -0.2) is 71.9 Å². The van der Waals surface area contributed by atoms with E-state index in [1.165, 1.54) is 0 Å². The van der Waals surface area contributed by atoms with Crippen LogP contribution >= 0.6 is 0 Å². The molecule has 0 radical (unpaired) electrons. The van der Waals surface area contributed by atoms with E-state index in [9.17, 15) is 18.7 Å². The van der Waals surface area contributed by atoms with Gasteiger partial charge in [0.2, 0.25) is 12.7 Å². The zero-order valence-corrected chi connectivity index (χ0v) is 14.4. The van der Waals surface area contributed by atoms with Crippen molar-refractivity contribution in [1.82, 2.24) is 9.80 Å². The maximum absolute atomic E-state index is 13.3. The number of halogens is 2. The topological polar surface area (TPSA) is 62.2 Å². The number of ether oxygens (including phenoxy) is 2. The average Bonchev–Trinajstić information content (AvgIpc) is 3.21. The second kappa shape index (κ2) is 6.66. The van der Waals surface area contributed by atoms with E-state index in [1.54, 1.807) is 17.0 Å². The number of fused-ring (bicyclic) bond motifs is 1. The Morgan fingerprint density at radius 2 is 1.92 bits per heavy atom. The number of aliphatic hydroxyl groups is 1. The van der Waals surface area contributed by atoms with Gasteiger partial charge in [0.15, 0.2) is 11.5 Å². The van der Waals surface area contributed by atoms with Crippen LogP contribution in [0.15, 0.2) is 18.2 Å². The first kappa shape index (κ1) is 17.5. The summed E-state index contributed by atoms with van der Waals surface area (Å²) in [5.41, 5.74) is 0.815. The molecule has 142 valence electrons. The van der Waals surface area contributed by atoms with Crippen molar-refractivity contribution < 1.29 is 28.2 Å². The Morgan fingerprint density at radius 1 is 1.19 bits per heavy atom. The molecular weight excluding hydrogens is 346 g/mol. The fourth-order valence-electron chi connectivity index (χ4n) is 3.85. The molecule has 1 aromatic rings. The highest BCUT2D eigenvalue weighted by Gasteiger charge is 2.42. The largest absolute Gasteiger partial charge is 0.454 e. The third-order valence-corrected chi connectivity index (χ3v) is 5.40. The second-order valence-electron chi connectivity index (χ2n) is 7.19. The molecule has 0 saturated carbocycles. The van der Waals surface area contributed by atoms with E-state index < -0.39 is 12.0 Å². The van der Waals surface area contributed by atoms with E-state index in [2.05, 4.69) is 0 Å². The minimum atomic E-state index is -2.62. The molecule has 0 aromatic heterocycles. The first-order valence-corrected chi connectivity index (χ1v) is 8.87. The summed E-state index contributed by atoms with van der Waals surface area (Å²) >= 11 is 0. The summed E-state index contributed by atoms with van der Waals surface area (Å²) in [6.07, 6.45) is -0.890. The number of hydrogen-bond acceptors (Lipinski definition) is 5. The minimum Gasteiger partial charge on any atom is -0.454 e. The lowest BCUT2D eigenvalue weighted by Gasteiger charge is -2.36. The van der Waals surface area contributed by atoms with Gasteiger partial charge in [-0.1, -0.05) is 6.07 Å². The highest BCUT2D eigenvalue weighted by atomic mass is 19.3. The van der Waals surface area contributed by atoms with Gasteiger partial charge in [-0.25, -0.2) is 8.78 Å². The predicted molar refractivity (Wildman–Crippen MR) is 88.4 cm³/mol. The smallest absolute Gasteiger partial charge is 0.250 e. The highest BCUT2D eigenvalue weighted by molar-refractivity contribution is 5.79. The van der Waals surface area contributed by atoms with Crippen LogP contribution < -0.4 is 9.47 Å². The van der Waals surface area contributed by atoms with Gasteiger partial charge in [-0.3, -0.25) is 9.69 Å². The Balaban J connectivity index is 1.36. The van der Waals surface area contributed by atoms with Gasteiger partial charge in [0.25, 0.3) is 5.92 Å². The van der Waals surface area contributed by atoms with E-state index in [0.717, 1.165) is 5.56 Å². The number of aliphatic hydroxyl groups excluding tert-OH is 1. The van der Waals surface area contributed by atoms with E-state index in [-0.39, 0.29) is 57.6 Å². The Hall–Kier alpha value is -1.93. The molecular formula is C18H22F2N2O4. The number of nitrogens with zero attached hydrogens (tertiary/aromatic N) is 2. The fraction of sp³-hybridized carbons (Fsp3) is 0.611. The molecule has 1 N–H and O–H groups in total. The summed E-state index contributed by atoms with van der Waals surface area (Å²) in [5, 5.41) is 10.3. The molecule has 2 saturated heterocycles. The fourth-order valence-corrected chi connectivity index (χ4v) is 3.85. The number of benzene rings is 1. The van der Waals surface area contributed by atoms with Gasteiger partial charge in [0.05, 0.1) is 18.6 Å². The molecule has 3 aliphatic heterocycles. The molecule has 0 aliphatic carbocycles. The summed E-state index contributed by atoms with van der Waals surface area (Å²) in [7, 11) is 0. The van der Waals surface area contributed by atoms with Crippen molar-refractivity contribution in [3.63, 3.8) is 0 Å². The van der Waals surface area contributed by atoms with Crippen molar-refractivity contribution in [2.45, 2.75) is 37.3 Å². The van der Waals surface area contributed by atoms with Gasteiger partial charge in [-0.05, 0) is 17.7 Å². The molecule has 3 heterocycles. The number of likely N-dealkylation sites (tertiary alicyclic amines) is 2. The Morgan fingerprint density at radius 3 is 2.69 bits per heavy atom. The van der Waals surface area contributed by atoms with Crippen LogP contribution in [0.1, 0.15) is 18.4 Å². The molecule has 0 unspecified atom stereocenters. The number of amides is 1. The van der Waals surface area contributed by atoms with Crippen LogP contribution in [0.3, 0.4) is 0 Å². The van der Waals surface area contributed by atoms with Crippen LogP contribution in [0.4, 0.5) is 8.78 Å². The highest BCUT2D eigenvalue weighted by Crippen LogP contribution is 2.33. The first-order chi connectivity index (χ1) is 12.4. The number of alkyl halides is 2. The molecule has 3 aliphatic rings. The lowest BCUT2D eigenvalue weighted by Crippen LogP contribution is -2.49. The van der Waals surface area contributed by atoms with Crippen LogP contribution in [0.2, 0.25) is 0 Å². The maximum Gasteiger partial charge on any atom is 0.250 e. The zero-order chi connectivity index (χ0) is 18.3. The van der Waals surface area contributed by atoms with Gasteiger partial charge < -0.3 is 19.5 Å². The zero-order valence-electron chi connectivity index (χ0n) is 14.4. The predicted octanol–water partition coefficient (Wildman–Crippen LogP) is 1.26. The van der Waals surface area contributed by atoms with Crippen LogP contribution in [0.5, 0.6) is 11.5 Å². The van der Waals surface area contributed by atoms with Crippen molar-refractivity contribution in [1.29, 1.82) is 0 Å². The van der Waals surface area contributed by atoms with E-state index in [1.807, 2.05) is 11.0 Å². The van der Waals surface area contributed by atoms with Gasteiger partial charge in [-0.2, -0.15) is 0 Å². The number of carbonyl (C=O) groups is 1. The van der Waals surface area contributed by atoms with Crippen LogP contribution in [-0.2, 0) is 11.2 Å². The standard InChI is InChI=1S/C18H22F2N2O4/c19-18(20)3-5-21(6-4-18)13-9-22(10-14(13)23)17(24)8-12-1-2-15-16(7-12)26-11-25-15/h1-2,7,13-14,23H,3-6,8-11H2/t13-,14-/m1/s1. The molecule has 2 fully saturated rings. The third kappa shape index (κ3) is 3.48. The summed E-state index contributed by atoms with van der Waals surface area (Å²) in [6, 6.07) is 5.12. The second-order valence-corrected chi connectivity index (χ2v) is 7.19. The molecule has 4 rings (SSSR count). The summed E-state index contributed by atoms with van der Waals surface area (Å²) < 4.78 is 37.2. The van der Waals surface area contributed by atoms with Gasteiger partial charge in [0.1, 0.15) is 0 Å². The molecule has 2 atom stereocenters. The molecule has 6 nitrogen and oxygen atoms in total. The Kier molecular flexibility index (Phi) is 4.48. The van der Waals surface area contributed by atoms with E-state index in [0.29, 0.717) is 18.0 Å². The van der Waals surface area contributed by atoms with Gasteiger partial charge >= 0.3 is 0 Å². The monoisotopic (exact) mass is 368 g/mol. The number of β-amino-alcohol motifs (C(OH)–C–C–N with tert-alkyl or cyclic N) is 1. The van der Waals surface area contributed by atoms with Gasteiger partial charge in [-0.15, -0.1) is 0 Å². The van der Waals surface area contributed by atoms with Gasteiger partial charge in [0, 0.05) is 39.0 Å². The maximum atomic E-state index is 13.3. The molecule has 1 amide bonds. The summed E-state index contributed by atoms with van der Waals surface area (Å²) in [6.45, 7) is 1.29. The number of hydrogen-bond donors (Lipinski definition) is 1. The molecule has 1 aromatic carbocycles. The normalized spacial score (nSPS) is 27.7. The lowest BCUT2D eigenvalue weighted by molar-refractivity contribution is -0.130. The molecule has 0 bridgehead atoms. The van der Waals surface area contributed by atoms with Crippen LogP contribution in [0.25, 0.3) is 0 Å². The van der Waals surface area contributed by atoms with Crippen molar-refractivity contribution in [3.8, 4) is 11.5 Å². The van der Waals surface area contributed by atoms with Crippen molar-refractivity contribution in [2.24, 2.45) is 0 Å². The number of piperidine rings is 1. The van der Waals surface area contributed by atoms with E-state index >= 15 is 0 Å². The van der Waals surface area contributed by atoms with Crippen molar-refractivity contribution in [3.05, 3.63) is 23.8 Å². The summed E-state index contributed by atoms with van der Waals surface area (Å²) in [5.74, 6) is -1.41. The average molecular weight is 368 g/mol. The van der Waals surface area contributed by atoms with Crippen molar-refractivity contribution in [2.75, 3.05) is 33.0 Å². The number of rotatable bonds is 3. The molecule has 8 heteroatoms. The SMILES string of the molecule is O=C(Cc1ccc2c(c1)OCO2)N1C[C@@H](O)[C@H](N2CCC(F)(F)CC2)C1. The van der Waals surface area contributed by atoms with E-state index in [4.69, 9.17) is 9.47 Å². The molecule has 0 spiro atoms. The molecule has 26 heavy (non-hydrogen) atoms. The third-order valence-electron chi connectivity index (χ3n) is 5.40. The Labute approximate surface area is 150 Å². The van der Waals surface area contributed by atoms with Crippen molar-refractivity contribution >= 4 is 5.91 Å². The quantitative estimate of drug-likeness (QED) is 0.871.